The molecule has 31 heavy (non-hydrogen) atoms. The quantitative estimate of drug-likeness (QED) is 0.543. The topological polar surface area (TPSA) is 73.6 Å². The highest BCUT2D eigenvalue weighted by molar-refractivity contribution is 6.30. The molecule has 1 aliphatic carbocycles. The highest BCUT2D eigenvalue weighted by atomic mass is 35.5. The van der Waals surface area contributed by atoms with Gasteiger partial charge in [-0.25, -0.2) is 9.37 Å². The van der Waals surface area contributed by atoms with E-state index in [0.717, 1.165) is 0 Å². The minimum absolute atomic E-state index is 0.00156. The average Bonchev–Trinajstić information content (AvgIpc) is 3.12. The number of hydrogen-bond acceptors (Lipinski definition) is 5. The van der Waals surface area contributed by atoms with Crippen molar-refractivity contribution < 1.29 is 36.2 Å². The Morgan fingerprint density at radius 1 is 1.32 bits per heavy atom. The molecule has 1 amide bonds. The van der Waals surface area contributed by atoms with E-state index in [1.54, 1.807) is 6.07 Å². The second kappa shape index (κ2) is 9.80. The molecule has 0 bridgehead atoms. The number of carbonyl (C=O) groups is 1. The van der Waals surface area contributed by atoms with Crippen molar-refractivity contribution in [1.29, 1.82) is 0 Å². The first kappa shape index (κ1) is 23.2. The van der Waals surface area contributed by atoms with E-state index in [1.807, 2.05) is 0 Å². The van der Waals surface area contributed by atoms with Crippen molar-refractivity contribution >= 4 is 17.5 Å². The summed E-state index contributed by atoms with van der Waals surface area (Å²) >= 11 is 5.65. The summed E-state index contributed by atoms with van der Waals surface area (Å²) in [6, 6.07) is 4.21. The van der Waals surface area contributed by atoms with Crippen LogP contribution in [0.2, 0.25) is 5.02 Å². The van der Waals surface area contributed by atoms with E-state index < -0.39 is 30.3 Å². The van der Waals surface area contributed by atoms with Crippen molar-refractivity contribution in [3.63, 3.8) is 0 Å². The molecule has 1 aliphatic rings. The number of amides is 1. The van der Waals surface area contributed by atoms with Gasteiger partial charge in [0.25, 0.3) is 0 Å². The summed E-state index contributed by atoms with van der Waals surface area (Å²) in [6.07, 6.45) is -3.63. The van der Waals surface area contributed by atoms with Gasteiger partial charge in [0.15, 0.2) is 0 Å². The summed E-state index contributed by atoms with van der Waals surface area (Å²) in [5.41, 5.74) is 0.854. The summed E-state index contributed by atoms with van der Waals surface area (Å²) in [4.78, 5) is 16.0. The van der Waals surface area contributed by atoms with Gasteiger partial charge in [-0.1, -0.05) is 18.2 Å². The minimum atomic E-state index is -4.67. The van der Waals surface area contributed by atoms with Crippen molar-refractivity contribution in [2.75, 3.05) is 6.61 Å². The Balaban J connectivity index is 1.35. The first-order valence-electron chi connectivity index (χ1n) is 9.33. The van der Waals surface area contributed by atoms with Crippen LogP contribution in [0.15, 0.2) is 41.1 Å². The molecule has 1 aromatic heterocycles. The van der Waals surface area contributed by atoms with Gasteiger partial charge in [-0.2, -0.15) is 0 Å². The minimum Gasteiger partial charge on any atom is -0.441 e. The second-order valence-corrected chi connectivity index (χ2v) is 7.41. The highest BCUT2D eigenvalue weighted by Crippen LogP contribution is 2.32. The number of halogens is 5. The molecule has 0 saturated heterocycles. The van der Waals surface area contributed by atoms with Crippen LogP contribution in [0.25, 0.3) is 11.5 Å². The van der Waals surface area contributed by atoms with Gasteiger partial charge in [0.1, 0.15) is 18.2 Å². The zero-order valence-corrected chi connectivity index (χ0v) is 16.9. The fourth-order valence-electron chi connectivity index (χ4n) is 2.89. The smallest absolute Gasteiger partial charge is 0.441 e. The van der Waals surface area contributed by atoms with E-state index in [9.17, 15) is 22.4 Å². The summed E-state index contributed by atoms with van der Waals surface area (Å²) in [6.45, 7) is 3.46. The lowest BCUT2D eigenvalue weighted by molar-refractivity contribution is -0.357. The number of nitrogens with one attached hydrogen (secondary N) is 1. The molecule has 0 atom stereocenters. The lowest BCUT2D eigenvalue weighted by atomic mass is 9.92. The summed E-state index contributed by atoms with van der Waals surface area (Å²) < 4.78 is 64.4. The average molecular weight is 463 g/mol. The number of ether oxygens (including phenoxy) is 2. The normalized spacial score (nSPS) is 18.5. The number of nitrogens with zero attached hydrogens (tertiary/aromatic N) is 1. The van der Waals surface area contributed by atoms with Crippen LogP contribution in [-0.4, -0.2) is 36.1 Å². The molecule has 168 valence electrons. The van der Waals surface area contributed by atoms with Crippen molar-refractivity contribution in [2.45, 2.75) is 44.3 Å². The van der Waals surface area contributed by atoms with Crippen molar-refractivity contribution in [2.24, 2.45) is 0 Å². The molecule has 1 fully saturated rings. The Hall–Kier alpha value is -2.43. The van der Waals surface area contributed by atoms with Crippen LogP contribution in [0.5, 0.6) is 0 Å². The number of benzene rings is 1. The third-order valence-electron chi connectivity index (χ3n) is 4.51. The maximum Gasteiger partial charge on any atom is 0.522 e. The molecular weight excluding hydrogens is 444 g/mol. The van der Waals surface area contributed by atoms with Crippen LogP contribution in [0, 0.1) is 5.82 Å². The molecule has 6 nitrogen and oxygen atoms in total. The molecule has 0 radical (unpaired) electrons. The molecule has 0 spiro atoms. The van der Waals surface area contributed by atoms with E-state index in [1.165, 1.54) is 18.3 Å². The first-order valence-corrected chi connectivity index (χ1v) is 9.71. The number of allylic oxidation sites excluding steroid dienone is 1. The van der Waals surface area contributed by atoms with Gasteiger partial charge >= 0.3 is 6.36 Å². The Bertz CT molecular complexity index is 942. The molecule has 1 N–H and O–H groups in total. The molecule has 1 aromatic carbocycles. The summed E-state index contributed by atoms with van der Waals surface area (Å²) in [7, 11) is 0. The fourth-order valence-corrected chi connectivity index (χ4v) is 3.01. The van der Waals surface area contributed by atoms with E-state index in [4.69, 9.17) is 20.8 Å². The van der Waals surface area contributed by atoms with Crippen molar-refractivity contribution in [1.82, 2.24) is 10.3 Å². The van der Waals surface area contributed by atoms with Crippen LogP contribution in [0.1, 0.15) is 25.0 Å². The number of oxazole rings is 1. The van der Waals surface area contributed by atoms with E-state index >= 15 is 0 Å². The fraction of sp³-hybridized carbons (Fsp3) is 0.400. The molecule has 0 aliphatic heterocycles. The van der Waals surface area contributed by atoms with Gasteiger partial charge in [0.2, 0.25) is 11.8 Å². The maximum atomic E-state index is 13.6. The third kappa shape index (κ3) is 7.05. The lowest BCUT2D eigenvalue weighted by Gasteiger charge is -2.34. The summed E-state index contributed by atoms with van der Waals surface area (Å²) in [5.74, 6) is -0.285. The highest BCUT2D eigenvalue weighted by Gasteiger charge is 2.40. The summed E-state index contributed by atoms with van der Waals surface area (Å²) in [5, 5.41) is 2.56. The number of alkyl halides is 3. The number of rotatable bonds is 9. The van der Waals surface area contributed by atoms with Gasteiger partial charge in [0.05, 0.1) is 23.4 Å². The Morgan fingerprint density at radius 3 is 2.74 bits per heavy atom. The van der Waals surface area contributed by atoms with Crippen LogP contribution >= 0.6 is 11.6 Å². The van der Waals surface area contributed by atoms with Gasteiger partial charge in [-0.3, -0.25) is 9.53 Å². The number of aryl methyl sites for hydroxylation is 1. The first-order chi connectivity index (χ1) is 14.6. The van der Waals surface area contributed by atoms with Gasteiger partial charge in [-0.05, 0) is 24.6 Å². The molecule has 1 saturated carbocycles. The predicted octanol–water partition coefficient (Wildman–Crippen LogP) is 4.78. The predicted molar refractivity (Wildman–Crippen MR) is 102 cm³/mol. The van der Waals surface area contributed by atoms with Crippen LogP contribution in [0.4, 0.5) is 17.6 Å². The van der Waals surface area contributed by atoms with Crippen LogP contribution in [-0.2, 0) is 20.7 Å². The van der Waals surface area contributed by atoms with Gasteiger partial charge in [-0.15, -0.1) is 13.2 Å². The second-order valence-electron chi connectivity index (χ2n) is 7.00. The SMILES string of the molecule is C=C(CCc1cnc(-c2ccc(Cl)c(F)c2)o1)NC(=O)COC1CC(OC(F)(F)F)C1. The van der Waals surface area contributed by atoms with E-state index in [2.05, 4.69) is 21.6 Å². The Kier molecular flexibility index (Phi) is 7.34. The molecule has 3 rings (SSSR count). The molecule has 2 aromatic rings. The number of hydrogen-bond donors (Lipinski definition) is 1. The lowest BCUT2D eigenvalue weighted by Crippen LogP contribution is -2.42. The van der Waals surface area contributed by atoms with Crippen LogP contribution < -0.4 is 5.32 Å². The molecular formula is C20H19ClF4N2O4. The van der Waals surface area contributed by atoms with Crippen molar-refractivity contribution in [3.05, 3.63) is 53.3 Å². The number of carbonyl (C=O) groups excluding carboxylic acids is 1. The Labute approximate surface area is 180 Å². The van der Waals surface area contributed by atoms with Gasteiger partial charge in [0, 0.05) is 30.5 Å². The zero-order valence-electron chi connectivity index (χ0n) is 16.2. The third-order valence-corrected chi connectivity index (χ3v) is 4.82. The Morgan fingerprint density at radius 2 is 2.06 bits per heavy atom. The monoisotopic (exact) mass is 462 g/mol. The van der Waals surface area contributed by atoms with E-state index in [-0.39, 0.29) is 30.4 Å². The molecule has 1 heterocycles. The van der Waals surface area contributed by atoms with E-state index in [0.29, 0.717) is 29.9 Å². The molecule has 0 unspecified atom stereocenters. The van der Waals surface area contributed by atoms with Crippen molar-refractivity contribution in [3.8, 4) is 11.5 Å². The van der Waals surface area contributed by atoms with Gasteiger partial charge < -0.3 is 14.5 Å². The molecule has 11 heteroatoms. The maximum absolute atomic E-state index is 13.6. The standard InChI is InChI=1S/C20H19ClF4N2O4/c1-11(27-18(28)10-29-14-7-15(8-14)31-20(23,24)25)2-4-13-9-26-19(30-13)12-3-5-16(21)17(22)6-12/h3,5-6,9,14-15H,1-2,4,7-8,10H2,(H,27,28). The largest absolute Gasteiger partial charge is 0.522 e. The number of aromatic nitrogens is 1. The van der Waals surface area contributed by atoms with Crippen LogP contribution in [0.3, 0.4) is 0 Å². The zero-order chi connectivity index (χ0) is 22.6.